The molecule has 0 saturated carbocycles. The van der Waals surface area contributed by atoms with Crippen LogP contribution in [0.4, 0.5) is 5.69 Å². The van der Waals surface area contributed by atoms with Gasteiger partial charge in [-0.1, -0.05) is 17.3 Å². The molecule has 2 heterocycles. The van der Waals surface area contributed by atoms with Gasteiger partial charge in [-0.05, 0) is 24.6 Å². The molecule has 1 aromatic heterocycles. The quantitative estimate of drug-likeness (QED) is 0.639. The van der Waals surface area contributed by atoms with E-state index in [2.05, 4.69) is 34.3 Å². The summed E-state index contributed by atoms with van der Waals surface area (Å²) >= 11 is 0. The SMILES string of the molecule is Cc1cc(C[NH+]2CC[NH+](CC(=O)N(C)Cc3ccc(N(C)C)cc3)CC2)no1. The predicted molar refractivity (Wildman–Crippen MR) is 108 cm³/mol. The van der Waals surface area contributed by atoms with E-state index in [0.29, 0.717) is 13.1 Å². The van der Waals surface area contributed by atoms with Crippen LogP contribution in [0.1, 0.15) is 17.0 Å². The van der Waals surface area contributed by atoms with Gasteiger partial charge in [-0.3, -0.25) is 4.79 Å². The van der Waals surface area contributed by atoms with E-state index in [1.807, 2.05) is 39.0 Å². The van der Waals surface area contributed by atoms with E-state index in [9.17, 15) is 4.79 Å². The van der Waals surface area contributed by atoms with Gasteiger partial charge in [0.25, 0.3) is 5.91 Å². The summed E-state index contributed by atoms with van der Waals surface area (Å²) in [4.78, 5) is 19.4. The van der Waals surface area contributed by atoms with Gasteiger partial charge in [0.15, 0.2) is 6.54 Å². The van der Waals surface area contributed by atoms with Crippen LogP contribution in [-0.4, -0.2) is 69.8 Å². The number of carbonyl (C=O) groups excluding carboxylic acids is 1. The maximum Gasteiger partial charge on any atom is 0.277 e. The summed E-state index contributed by atoms with van der Waals surface area (Å²) in [6.07, 6.45) is 0. The van der Waals surface area contributed by atoms with Crippen LogP contribution in [0, 0.1) is 6.92 Å². The van der Waals surface area contributed by atoms with Crippen LogP contribution in [0.25, 0.3) is 0 Å². The van der Waals surface area contributed by atoms with E-state index in [4.69, 9.17) is 4.52 Å². The number of aromatic nitrogens is 1. The van der Waals surface area contributed by atoms with Crippen LogP contribution in [-0.2, 0) is 17.9 Å². The number of likely N-dealkylation sites (N-methyl/N-ethyl adjacent to an activating group) is 1. The maximum absolute atomic E-state index is 12.6. The van der Waals surface area contributed by atoms with Crippen molar-refractivity contribution in [1.29, 1.82) is 0 Å². The van der Waals surface area contributed by atoms with Crippen molar-refractivity contribution < 1.29 is 19.1 Å². The van der Waals surface area contributed by atoms with Crippen LogP contribution in [0.15, 0.2) is 34.9 Å². The molecule has 0 aliphatic carbocycles. The number of benzene rings is 1. The smallest absolute Gasteiger partial charge is 0.277 e. The normalized spacial score (nSPS) is 19.4. The molecule has 7 heteroatoms. The Bertz CT molecular complexity index is 763. The van der Waals surface area contributed by atoms with Crippen molar-refractivity contribution in [2.75, 3.05) is 58.8 Å². The number of hydrogen-bond donors (Lipinski definition) is 2. The summed E-state index contributed by atoms with van der Waals surface area (Å²) in [7, 11) is 5.96. The molecule has 3 rings (SSSR count). The summed E-state index contributed by atoms with van der Waals surface area (Å²) in [6.45, 7) is 8.21. The van der Waals surface area contributed by atoms with Crippen molar-refractivity contribution in [3.8, 4) is 0 Å². The summed E-state index contributed by atoms with van der Waals surface area (Å²) in [5, 5.41) is 4.09. The zero-order valence-corrected chi connectivity index (χ0v) is 17.5. The number of nitrogens with one attached hydrogen (secondary N) is 2. The lowest BCUT2D eigenvalue weighted by molar-refractivity contribution is -1.02. The van der Waals surface area contributed by atoms with Gasteiger partial charge >= 0.3 is 0 Å². The minimum absolute atomic E-state index is 0.210. The molecule has 0 unspecified atom stereocenters. The highest BCUT2D eigenvalue weighted by Gasteiger charge is 2.26. The number of piperazine rings is 1. The Morgan fingerprint density at radius 1 is 1.07 bits per heavy atom. The second-order valence-electron chi connectivity index (χ2n) is 8.09. The molecule has 1 aliphatic rings. The number of hydrogen-bond acceptors (Lipinski definition) is 4. The van der Waals surface area contributed by atoms with Crippen molar-refractivity contribution in [3.05, 3.63) is 47.3 Å². The average Bonchev–Trinajstić information content (AvgIpc) is 3.08. The number of amides is 1. The monoisotopic (exact) mass is 387 g/mol. The molecule has 28 heavy (non-hydrogen) atoms. The number of aryl methyl sites for hydroxylation is 1. The summed E-state index contributed by atoms with van der Waals surface area (Å²) < 4.78 is 5.15. The first-order chi connectivity index (χ1) is 13.4. The fourth-order valence-corrected chi connectivity index (χ4v) is 3.68. The first-order valence-corrected chi connectivity index (χ1v) is 10.0. The Labute approximate surface area is 167 Å². The van der Waals surface area contributed by atoms with Crippen molar-refractivity contribution in [2.24, 2.45) is 0 Å². The fraction of sp³-hybridized carbons (Fsp3) is 0.524. The zero-order chi connectivity index (χ0) is 20.1. The first-order valence-electron chi connectivity index (χ1n) is 10.0. The second kappa shape index (κ2) is 9.21. The highest BCUT2D eigenvalue weighted by Crippen LogP contribution is 2.13. The molecular weight excluding hydrogens is 354 g/mol. The number of anilines is 1. The molecule has 1 amide bonds. The molecule has 152 valence electrons. The summed E-state index contributed by atoms with van der Waals surface area (Å²) in [6, 6.07) is 10.4. The third kappa shape index (κ3) is 5.56. The van der Waals surface area contributed by atoms with Crippen LogP contribution < -0.4 is 14.7 Å². The van der Waals surface area contributed by atoms with E-state index in [1.54, 1.807) is 0 Å². The van der Waals surface area contributed by atoms with Crippen molar-refractivity contribution in [3.63, 3.8) is 0 Å². The van der Waals surface area contributed by atoms with Gasteiger partial charge in [-0.2, -0.15) is 0 Å². The van der Waals surface area contributed by atoms with Crippen molar-refractivity contribution in [1.82, 2.24) is 10.1 Å². The third-order valence-corrected chi connectivity index (χ3v) is 5.47. The van der Waals surface area contributed by atoms with Crippen LogP contribution >= 0.6 is 0 Å². The molecule has 1 fully saturated rings. The van der Waals surface area contributed by atoms with Gasteiger partial charge in [0.05, 0.1) is 0 Å². The van der Waals surface area contributed by atoms with Gasteiger partial charge in [0.2, 0.25) is 0 Å². The van der Waals surface area contributed by atoms with Gasteiger partial charge in [-0.25, -0.2) is 0 Å². The lowest BCUT2D eigenvalue weighted by atomic mass is 10.2. The summed E-state index contributed by atoms with van der Waals surface area (Å²) in [5.74, 6) is 1.07. The lowest BCUT2D eigenvalue weighted by Crippen LogP contribution is -3.28. The predicted octanol–water partition coefficient (Wildman–Crippen LogP) is -1.01. The standard InChI is InChI=1S/C21H31N5O2/c1-17-13-19(22-28-17)15-25-9-11-26(12-10-25)16-21(27)24(4)14-18-5-7-20(8-6-18)23(2)3/h5-8,13H,9-12,14-16H2,1-4H3/p+2. The molecule has 1 aromatic carbocycles. The number of rotatable bonds is 7. The molecule has 2 N–H and O–H groups in total. The topological polar surface area (TPSA) is 58.5 Å². The Kier molecular flexibility index (Phi) is 6.70. The highest BCUT2D eigenvalue weighted by atomic mass is 16.5. The van der Waals surface area contributed by atoms with Crippen LogP contribution in [0.5, 0.6) is 0 Å². The van der Waals surface area contributed by atoms with E-state index in [1.165, 1.54) is 15.5 Å². The van der Waals surface area contributed by atoms with Crippen LogP contribution in [0.3, 0.4) is 0 Å². The molecule has 0 radical (unpaired) electrons. The van der Waals surface area contributed by atoms with Crippen molar-refractivity contribution >= 4 is 11.6 Å². The molecule has 0 bridgehead atoms. The van der Waals surface area contributed by atoms with E-state index >= 15 is 0 Å². The zero-order valence-electron chi connectivity index (χ0n) is 17.5. The average molecular weight is 388 g/mol. The van der Waals surface area contributed by atoms with Gasteiger partial charge in [0, 0.05) is 39.4 Å². The van der Waals surface area contributed by atoms with E-state index in [-0.39, 0.29) is 5.91 Å². The minimum Gasteiger partial charge on any atom is -0.378 e. The fourth-order valence-electron chi connectivity index (χ4n) is 3.68. The molecule has 2 aromatic rings. The Hall–Kier alpha value is -2.38. The third-order valence-electron chi connectivity index (χ3n) is 5.47. The van der Waals surface area contributed by atoms with Gasteiger partial charge in [-0.15, -0.1) is 0 Å². The minimum atomic E-state index is 0.210. The first kappa shape index (κ1) is 20.4. The lowest BCUT2D eigenvalue weighted by Gasteiger charge is -2.30. The number of carbonyl (C=O) groups is 1. The van der Waals surface area contributed by atoms with E-state index in [0.717, 1.165) is 49.7 Å². The number of nitrogens with zero attached hydrogens (tertiary/aromatic N) is 3. The summed E-state index contributed by atoms with van der Waals surface area (Å²) in [5.41, 5.74) is 3.35. The Morgan fingerprint density at radius 3 is 2.29 bits per heavy atom. The molecule has 0 spiro atoms. The Morgan fingerprint density at radius 2 is 1.71 bits per heavy atom. The molecule has 1 saturated heterocycles. The van der Waals surface area contributed by atoms with Gasteiger partial charge in [0.1, 0.15) is 44.2 Å². The van der Waals surface area contributed by atoms with Gasteiger partial charge < -0.3 is 24.1 Å². The molecular formula is C21H33N5O2+2. The Balaban J connectivity index is 1.42. The van der Waals surface area contributed by atoms with E-state index < -0.39 is 0 Å². The largest absolute Gasteiger partial charge is 0.378 e. The number of quaternary nitrogens is 2. The molecule has 7 nitrogen and oxygen atoms in total. The van der Waals surface area contributed by atoms with Crippen LogP contribution in [0.2, 0.25) is 0 Å². The molecule has 0 atom stereocenters. The maximum atomic E-state index is 12.6. The van der Waals surface area contributed by atoms with Crippen molar-refractivity contribution in [2.45, 2.75) is 20.0 Å². The highest BCUT2D eigenvalue weighted by molar-refractivity contribution is 5.76. The second-order valence-corrected chi connectivity index (χ2v) is 8.09. The molecule has 1 aliphatic heterocycles.